The summed E-state index contributed by atoms with van der Waals surface area (Å²) in [6.07, 6.45) is 0. The Hall–Kier alpha value is -2.22. The van der Waals surface area contributed by atoms with Crippen LogP contribution in [0.3, 0.4) is 0 Å². The second kappa shape index (κ2) is 5.75. The molecule has 5 heteroatoms. The number of anilines is 1. The minimum atomic E-state index is -0.193. The van der Waals surface area contributed by atoms with E-state index in [9.17, 15) is 4.79 Å². The largest absolute Gasteiger partial charge is 0.477 e. The normalized spacial score (nSPS) is 9.76. The van der Waals surface area contributed by atoms with Gasteiger partial charge in [0.2, 0.25) is 0 Å². The van der Waals surface area contributed by atoms with Gasteiger partial charge in [0.05, 0.1) is 5.69 Å². The van der Waals surface area contributed by atoms with Gasteiger partial charge in [-0.3, -0.25) is 4.79 Å². The number of amides is 1. The zero-order valence-corrected chi connectivity index (χ0v) is 9.86. The summed E-state index contributed by atoms with van der Waals surface area (Å²) in [5, 5.41) is 11.2. The van der Waals surface area contributed by atoms with Crippen LogP contribution in [0.5, 0.6) is 5.75 Å². The third kappa shape index (κ3) is 3.68. The fourth-order valence-electron chi connectivity index (χ4n) is 1.26. The van der Waals surface area contributed by atoms with Crippen LogP contribution < -0.4 is 15.8 Å². The molecule has 0 bridgehead atoms. The maximum Gasteiger partial charge on any atom is 0.251 e. The first-order chi connectivity index (χ1) is 8.04. The molecule has 0 atom stereocenters. The lowest BCUT2D eigenvalue weighted by molar-refractivity contribution is 0.0943. The van der Waals surface area contributed by atoms with Gasteiger partial charge in [-0.1, -0.05) is 0 Å². The van der Waals surface area contributed by atoms with Crippen LogP contribution in [0.25, 0.3) is 0 Å². The number of hydrogen-bond donors (Lipinski definition) is 2. The second-order valence-electron chi connectivity index (χ2n) is 3.83. The Morgan fingerprint density at radius 1 is 1.59 bits per heavy atom. The lowest BCUT2D eigenvalue weighted by Crippen LogP contribution is -2.30. The van der Waals surface area contributed by atoms with Crippen molar-refractivity contribution in [2.45, 2.75) is 19.9 Å². The highest BCUT2D eigenvalue weighted by Gasteiger charge is 2.10. The first-order valence-electron chi connectivity index (χ1n) is 5.24. The Balaban J connectivity index is 2.88. The van der Waals surface area contributed by atoms with Crippen LogP contribution in [0.15, 0.2) is 18.2 Å². The molecule has 1 aromatic rings. The smallest absolute Gasteiger partial charge is 0.251 e. The van der Waals surface area contributed by atoms with Gasteiger partial charge in [-0.2, -0.15) is 5.26 Å². The number of nitrogen functional groups attached to an aromatic ring is 1. The van der Waals surface area contributed by atoms with Gasteiger partial charge >= 0.3 is 0 Å². The highest BCUT2D eigenvalue weighted by Crippen LogP contribution is 2.22. The number of carbonyl (C=O) groups is 1. The SMILES string of the molecule is CC(C)NC(=O)c1ccc(N)c(OCC#N)c1. The number of carbonyl (C=O) groups excluding carboxylic acids is 1. The Morgan fingerprint density at radius 2 is 2.29 bits per heavy atom. The summed E-state index contributed by atoms with van der Waals surface area (Å²) in [7, 11) is 0. The molecule has 0 aliphatic carbocycles. The predicted molar refractivity (Wildman–Crippen MR) is 64.6 cm³/mol. The van der Waals surface area contributed by atoms with Crippen molar-refractivity contribution in [1.82, 2.24) is 5.32 Å². The molecule has 0 aliphatic rings. The molecule has 1 aromatic carbocycles. The van der Waals surface area contributed by atoms with Gasteiger partial charge < -0.3 is 15.8 Å². The molecule has 17 heavy (non-hydrogen) atoms. The summed E-state index contributed by atoms with van der Waals surface area (Å²) in [5.41, 5.74) is 6.53. The van der Waals surface area contributed by atoms with Crippen molar-refractivity contribution in [3.05, 3.63) is 23.8 Å². The van der Waals surface area contributed by atoms with Gasteiger partial charge in [0.25, 0.3) is 5.91 Å². The first kappa shape index (κ1) is 12.8. The van der Waals surface area contributed by atoms with Crippen LogP contribution in [0.2, 0.25) is 0 Å². The van der Waals surface area contributed by atoms with Crippen LogP contribution in [-0.4, -0.2) is 18.6 Å². The van der Waals surface area contributed by atoms with E-state index in [0.29, 0.717) is 17.0 Å². The maximum absolute atomic E-state index is 11.7. The number of nitriles is 1. The molecular formula is C12H15N3O2. The molecule has 0 spiro atoms. The van der Waals surface area contributed by atoms with E-state index in [1.807, 2.05) is 19.9 Å². The molecule has 0 unspecified atom stereocenters. The van der Waals surface area contributed by atoms with Crippen molar-refractivity contribution in [3.63, 3.8) is 0 Å². The molecule has 0 aromatic heterocycles. The first-order valence-corrected chi connectivity index (χ1v) is 5.24. The summed E-state index contributed by atoms with van der Waals surface area (Å²) >= 11 is 0. The van der Waals surface area contributed by atoms with E-state index in [4.69, 9.17) is 15.7 Å². The molecule has 0 radical (unpaired) electrons. The fourth-order valence-corrected chi connectivity index (χ4v) is 1.26. The zero-order chi connectivity index (χ0) is 12.8. The fraction of sp³-hybridized carbons (Fsp3) is 0.333. The van der Waals surface area contributed by atoms with Gasteiger partial charge in [0, 0.05) is 11.6 Å². The molecule has 0 aliphatic heterocycles. The van der Waals surface area contributed by atoms with Gasteiger partial charge in [-0.15, -0.1) is 0 Å². The van der Waals surface area contributed by atoms with E-state index >= 15 is 0 Å². The van der Waals surface area contributed by atoms with Crippen molar-refractivity contribution in [2.75, 3.05) is 12.3 Å². The van der Waals surface area contributed by atoms with Crippen molar-refractivity contribution in [1.29, 1.82) is 5.26 Å². The summed E-state index contributed by atoms with van der Waals surface area (Å²) in [4.78, 5) is 11.7. The Kier molecular flexibility index (Phi) is 4.35. The zero-order valence-electron chi connectivity index (χ0n) is 9.86. The van der Waals surface area contributed by atoms with E-state index in [2.05, 4.69) is 5.32 Å². The van der Waals surface area contributed by atoms with Gasteiger partial charge in [0.15, 0.2) is 6.61 Å². The number of rotatable bonds is 4. The quantitative estimate of drug-likeness (QED) is 0.767. The Labute approximate surface area is 100 Å². The lowest BCUT2D eigenvalue weighted by Gasteiger charge is -2.10. The summed E-state index contributed by atoms with van der Waals surface area (Å²) in [5.74, 6) is 0.157. The minimum absolute atomic E-state index is 0.0588. The standard InChI is InChI=1S/C12H15N3O2/c1-8(2)15-12(16)9-3-4-10(14)11(7-9)17-6-5-13/h3-4,7-8H,6,14H2,1-2H3,(H,15,16). The molecule has 1 amide bonds. The van der Waals surface area contributed by atoms with Gasteiger partial charge in [-0.25, -0.2) is 0 Å². The highest BCUT2D eigenvalue weighted by atomic mass is 16.5. The second-order valence-corrected chi connectivity index (χ2v) is 3.83. The molecule has 1 rings (SSSR count). The minimum Gasteiger partial charge on any atom is -0.477 e. The molecule has 5 nitrogen and oxygen atoms in total. The number of benzene rings is 1. The number of nitrogens with one attached hydrogen (secondary N) is 1. The third-order valence-corrected chi connectivity index (χ3v) is 1.99. The summed E-state index contributed by atoms with van der Waals surface area (Å²) < 4.78 is 5.12. The maximum atomic E-state index is 11.7. The summed E-state index contributed by atoms with van der Waals surface area (Å²) in [6.45, 7) is 3.66. The van der Waals surface area contributed by atoms with Gasteiger partial charge in [-0.05, 0) is 32.0 Å². The van der Waals surface area contributed by atoms with Gasteiger partial charge in [0.1, 0.15) is 11.8 Å². The van der Waals surface area contributed by atoms with Crippen LogP contribution >= 0.6 is 0 Å². The third-order valence-electron chi connectivity index (χ3n) is 1.99. The van der Waals surface area contributed by atoms with E-state index in [1.54, 1.807) is 12.1 Å². The van der Waals surface area contributed by atoms with E-state index in [1.165, 1.54) is 6.07 Å². The van der Waals surface area contributed by atoms with Crippen LogP contribution in [0, 0.1) is 11.3 Å². The number of nitrogens with two attached hydrogens (primary N) is 1. The number of ether oxygens (including phenoxy) is 1. The molecule has 0 heterocycles. The van der Waals surface area contributed by atoms with E-state index < -0.39 is 0 Å². The Morgan fingerprint density at radius 3 is 2.88 bits per heavy atom. The number of hydrogen-bond acceptors (Lipinski definition) is 4. The van der Waals surface area contributed by atoms with Crippen molar-refractivity contribution < 1.29 is 9.53 Å². The summed E-state index contributed by atoms with van der Waals surface area (Å²) in [6, 6.07) is 6.64. The topological polar surface area (TPSA) is 88.1 Å². The molecule has 0 saturated heterocycles. The predicted octanol–water partition coefficient (Wildman–Crippen LogP) is 1.31. The molecular weight excluding hydrogens is 218 g/mol. The monoisotopic (exact) mass is 233 g/mol. The molecule has 0 saturated carbocycles. The lowest BCUT2D eigenvalue weighted by atomic mass is 10.1. The molecule has 3 N–H and O–H groups in total. The van der Waals surface area contributed by atoms with Crippen molar-refractivity contribution >= 4 is 11.6 Å². The average Bonchev–Trinajstić information content (AvgIpc) is 2.27. The Bertz CT molecular complexity index is 450. The van der Waals surface area contributed by atoms with E-state index in [0.717, 1.165) is 0 Å². The van der Waals surface area contributed by atoms with Crippen LogP contribution in [0.1, 0.15) is 24.2 Å². The molecule has 0 fully saturated rings. The average molecular weight is 233 g/mol. The van der Waals surface area contributed by atoms with Crippen molar-refractivity contribution in [2.24, 2.45) is 0 Å². The van der Waals surface area contributed by atoms with E-state index in [-0.39, 0.29) is 18.6 Å². The number of nitrogens with zero attached hydrogens (tertiary/aromatic N) is 1. The van der Waals surface area contributed by atoms with Crippen LogP contribution in [0.4, 0.5) is 5.69 Å². The van der Waals surface area contributed by atoms with Crippen LogP contribution in [-0.2, 0) is 0 Å². The van der Waals surface area contributed by atoms with Crippen molar-refractivity contribution in [3.8, 4) is 11.8 Å². The highest BCUT2D eigenvalue weighted by molar-refractivity contribution is 5.95. The molecule has 90 valence electrons.